The fourth-order valence-electron chi connectivity index (χ4n) is 1.62. The molecule has 0 saturated carbocycles. The van der Waals surface area contributed by atoms with E-state index in [2.05, 4.69) is 5.32 Å². The number of aliphatic hydroxyl groups excluding tert-OH is 1. The number of amides is 1. The van der Waals surface area contributed by atoms with Crippen LogP contribution in [0.3, 0.4) is 0 Å². The highest BCUT2D eigenvalue weighted by molar-refractivity contribution is 5.76. The number of hydrogen-bond donors (Lipinski definition) is 3. The van der Waals surface area contributed by atoms with Crippen LogP contribution in [0.5, 0.6) is 0 Å². The lowest BCUT2D eigenvalue weighted by molar-refractivity contribution is -0.122. The van der Waals surface area contributed by atoms with Crippen molar-refractivity contribution in [2.45, 2.75) is 38.3 Å². The van der Waals surface area contributed by atoms with E-state index in [1.54, 1.807) is 0 Å². The number of rotatable bonds is 6. The quantitative estimate of drug-likeness (QED) is 0.713. The van der Waals surface area contributed by atoms with Gasteiger partial charge in [-0.05, 0) is 25.8 Å². The van der Waals surface area contributed by atoms with E-state index in [1.807, 2.05) is 44.2 Å². The lowest BCUT2D eigenvalue weighted by Gasteiger charge is -2.20. The van der Waals surface area contributed by atoms with E-state index in [0.29, 0.717) is 12.8 Å². The Morgan fingerprint density at radius 2 is 2.00 bits per heavy atom. The van der Waals surface area contributed by atoms with Crippen LogP contribution in [0.4, 0.5) is 0 Å². The average molecular weight is 250 g/mol. The Hall–Kier alpha value is -1.39. The maximum absolute atomic E-state index is 11.8. The maximum atomic E-state index is 11.8. The summed E-state index contributed by atoms with van der Waals surface area (Å²) < 4.78 is 0. The molecule has 0 unspecified atom stereocenters. The number of carbonyl (C=O) groups is 1. The highest BCUT2D eigenvalue weighted by atomic mass is 16.3. The lowest BCUT2D eigenvalue weighted by Crippen LogP contribution is -2.36. The molecule has 1 rings (SSSR count). The summed E-state index contributed by atoms with van der Waals surface area (Å²) in [5, 5.41) is 12.1. The second-order valence-electron chi connectivity index (χ2n) is 5.20. The number of carbonyl (C=O) groups excluding carboxylic acids is 1. The largest absolute Gasteiger partial charge is 0.394 e. The standard InChI is InChI=1S/C14H22N2O2/c1-14(2,15)9-8-13(18)16-12(10-17)11-6-4-3-5-7-11/h3-7,12,17H,8-10,15H2,1-2H3,(H,16,18)/t12-/m1/s1. The molecule has 0 aliphatic heterocycles. The smallest absolute Gasteiger partial charge is 0.220 e. The fourth-order valence-corrected chi connectivity index (χ4v) is 1.62. The third kappa shape index (κ3) is 5.29. The molecule has 18 heavy (non-hydrogen) atoms. The first-order valence-corrected chi connectivity index (χ1v) is 6.16. The first kappa shape index (κ1) is 14.7. The summed E-state index contributed by atoms with van der Waals surface area (Å²) in [4.78, 5) is 11.8. The fraction of sp³-hybridized carbons (Fsp3) is 0.500. The van der Waals surface area contributed by atoms with Gasteiger partial charge in [0.05, 0.1) is 12.6 Å². The van der Waals surface area contributed by atoms with Crippen LogP contribution in [0.25, 0.3) is 0 Å². The van der Waals surface area contributed by atoms with Crippen molar-refractivity contribution < 1.29 is 9.90 Å². The molecule has 1 atom stereocenters. The first-order chi connectivity index (χ1) is 8.42. The van der Waals surface area contributed by atoms with Crippen molar-refractivity contribution in [2.75, 3.05) is 6.61 Å². The summed E-state index contributed by atoms with van der Waals surface area (Å²) in [6.45, 7) is 3.67. The van der Waals surface area contributed by atoms with Gasteiger partial charge in [0, 0.05) is 12.0 Å². The van der Waals surface area contributed by atoms with E-state index >= 15 is 0 Å². The van der Waals surface area contributed by atoms with Crippen LogP contribution in [-0.2, 0) is 4.79 Å². The van der Waals surface area contributed by atoms with Gasteiger partial charge < -0.3 is 16.2 Å². The van der Waals surface area contributed by atoms with Crippen molar-refractivity contribution in [3.8, 4) is 0 Å². The number of benzene rings is 1. The van der Waals surface area contributed by atoms with E-state index in [-0.39, 0.29) is 24.1 Å². The lowest BCUT2D eigenvalue weighted by atomic mass is 9.99. The number of aliphatic hydroxyl groups is 1. The Balaban J connectivity index is 2.51. The summed E-state index contributed by atoms with van der Waals surface area (Å²) in [5.41, 5.74) is 6.38. The molecule has 1 aromatic rings. The Morgan fingerprint density at radius 1 is 1.39 bits per heavy atom. The monoisotopic (exact) mass is 250 g/mol. The number of nitrogens with two attached hydrogens (primary N) is 1. The van der Waals surface area contributed by atoms with Crippen molar-refractivity contribution >= 4 is 5.91 Å². The van der Waals surface area contributed by atoms with Crippen LogP contribution in [0.2, 0.25) is 0 Å². The molecule has 0 bridgehead atoms. The molecule has 0 heterocycles. The van der Waals surface area contributed by atoms with Crippen molar-refractivity contribution in [3.63, 3.8) is 0 Å². The van der Waals surface area contributed by atoms with Crippen LogP contribution in [0.15, 0.2) is 30.3 Å². The van der Waals surface area contributed by atoms with Gasteiger partial charge in [0.2, 0.25) is 5.91 Å². The van der Waals surface area contributed by atoms with Gasteiger partial charge in [-0.2, -0.15) is 0 Å². The Kier molecular flexibility index (Phi) is 5.31. The average Bonchev–Trinajstić information content (AvgIpc) is 2.33. The van der Waals surface area contributed by atoms with E-state index in [1.165, 1.54) is 0 Å². The first-order valence-electron chi connectivity index (χ1n) is 6.16. The van der Waals surface area contributed by atoms with Gasteiger partial charge >= 0.3 is 0 Å². The molecule has 0 aromatic heterocycles. The summed E-state index contributed by atoms with van der Waals surface area (Å²) in [5.74, 6) is -0.0866. The van der Waals surface area contributed by atoms with Crippen LogP contribution in [-0.4, -0.2) is 23.2 Å². The molecule has 0 aliphatic rings. The molecular weight excluding hydrogens is 228 g/mol. The highest BCUT2D eigenvalue weighted by Crippen LogP contribution is 2.13. The molecule has 4 heteroatoms. The van der Waals surface area contributed by atoms with Gasteiger partial charge in [0.15, 0.2) is 0 Å². The Bertz CT molecular complexity index is 371. The molecule has 4 N–H and O–H groups in total. The molecule has 1 aromatic carbocycles. The Labute approximate surface area is 108 Å². The van der Waals surface area contributed by atoms with Gasteiger partial charge in [-0.15, -0.1) is 0 Å². The maximum Gasteiger partial charge on any atom is 0.220 e. The van der Waals surface area contributed by atoms with Crippen LogP contribution in [0, 0.1) is 0 Å². The van der Waals surface area contributed by atoms with Gasteiger partial charge in [0.1, 0.15) is 0 Å². The second kappa shape index (κ2) is 6.52. The van der Waals surface area contributed by atoms with Crippen molar-refractivity contribution in [2.24, 2.45) is 5.73 Å². The third-order valence-electron chi connectivity index (χ3n) is 2.72. The summed E-state index contributed by atoms with van der Waals surface area (Å²) in [7, 11) is 0. The zero-order chi connectivity index (χ0) is 13.6. The predicted molar refractivity (Wildman–Crippen MR) is 71.9 cm³/mol. The van der Waals surface area contributed by atoms with Crippen LogP contribution >= 0.6 is 0 Å². The zero-order valence-corrected chi connectivity index (χ0v) is 11.0. The molecule has 1 amide bonds. The summed E-state index contributed by atoms with van der Waals surface area (Å²) in [6.07, 6.45) is 0.985. The van der Waals surface area contributed by atoms with Gasteiger partial charge in [-0.1, -0.05) is 30.3 Å². The second-order valence-corrected chi connectivity index (χ2v) is 5.20. The van der Waals surface area contributed by atoms with Crippen LogP contribution in [0.1, 0.15) is 38.3 Å². The minimum absolute atomic E-state index is 0.0866. The number of nitrogens with one attached hydrogen (secondary N) is 1. The van der Waals surface area contributed by atoms with Crippen molar-refractivity contribution in [1.82, 2.24) is 5.32 Å². The molecule has 0 saturated heterocycles. The molecule has 100 valence electrons. The molecular formula is C14H22N2O2. The molecule has 0 spiro atoms. The molecule has 0 aliphatic carbocycles. The molecule has 0 radical (unpaired) electrons. The van der Waals surface area contributed by atoms with Gasteiger partial charge in [0.25, 0.3) is 0 Å². The minimum atomic E-state index is -0.348. The SMILES string of the molecule is CC(C)(N)CCC(=O)N[C@H](CO)c1ccccc1. The zero-order valence-electron chi connectivity index (χ0n) is 11.0. The number of hydrogen-bond acceptors (Lipinski definition) is 3. The predicted octanol–water partition coefficient (Wildman–Crippen LogP) is 1.35. The molecule has 0 fully saturated rings. The topological polar surface area (TPSA) is 75.4 Å². The normalized spacial score (nSPS) is 13.1. The van der Waals surface area contributed by atoms with Crippen molar-refractivity contribution in [3.05, 3.63) is 35.9 Å². The molecule has 4 nitrogen and oxygen atoms in total. The summed E-state index contributed by atoms with van der Waals surface area (Å²) >= 11 is 0. The van der Waals surface area contributed by atoms with Crippen molar-refractivity contribution in [1.29, 1.82) is 0 Å². The van der Waals surface area contributed by atoms with Gasteiger partial charge in [-0.25, -0.2) is 0 Å². The van der Waals surface area contributed by atoms with Crippen LogP contribution < -0.4 is 11.1 Å². The summed E-state index contributed by atoms with van der Waals surface area (Å²) in [6, 6.07) is 9.08. The Morgan fingerprint density at radius 3 is 2.50 bits per heavy atom. The van der Waals surface area contributed by atoms with Gasteiger partial charge in [-0.3, -0.25) is 4.79 Å². The van der Waals surface area contributed by atoms with E-state index in [9.17, 15) is 9.90 Å². The highest BCUT2D eigenvalue weighted by Gasteiger charge is 2.16. The third-order valence-corrected chi connectivity index (χ3v) is 2.72. The van der Waals surface area contributed by atoms with E-state index in [0.717, 1.165) is 5.56 Å². The van der Waals surface area contributed by atoms with E-state index < -0.39 is 0 Å². The minimum Gasteiger partial charge on any atom is -0.394 e. The van der Waals surface area contributed by atoms with E-state index in [4.69, 9.17) is 5.73 Å².